The smallest absolute Gasteiger partial charge is 0.315 e. The molecule has 5 amide bonds. The van der Waals surface area contributed by atoms with Gasteiger partial charge in [-0.3, -0.25) is 19.2 Å². The summed E-state index contributed by atoms with van der Waals surface area (Å²) in [5.41, 5.74) is 7.44. The lowest BCUT2D eigenvalue weighted by molar-refractivity contribution is -0.142. The maximum Gasteiger partial charge on any atom is 0.315 e. The van der Waals surface area contributed by atoms with Crippen LogP contribution < -0.4 is 21.7 Å². The van der Waals surface area contributed by atoms with Gasteiger partial charge >= 0.3 is 6.03 Å². The summed E-state index contributed by atoms with van der Waals surface area (Å²) < 4.78 is 0. The quantitative estimate of drug-likeness (QED) is 0.334. The van der Waals surface area contributed by atoms with Crippen LogP contribution in [0.4, 0.5) is 4.79 Å². The number of fused-ring (bicyclic) bond motifs is 1. The fourth-order valence-electron chi connectivity index (χ4n) is 5.13. The third-order valence-corrected chi connectivity index (χ3v) is 6.82. The van der Waals surface area contributed by atoms with E-state index in [1.165, 1.54) is 11.3 Å². The standard InChI is InChI=1S/C26H37N5O5.C3H8/c1-4-8-19(22(32)23(27)33)29-24(34)20-11-7-12-31(20)25(35)21(30-26(36)28-15(2)3)18-13-16-9-5-6-10-17(16)14-18;1-3-2/h5-6,9-10,15,18-21H,4,7-8,11-14H2,1-3H3,(H2,27,33)(H,29,34)(H2,28,30,36);3H2,1-2H3/t19?,20-,21-;/m0./s1. The molecule has 0 aromatic heterocycles. The fourth-order valence-corrected chi connectivity index (χ4v) is 5.13. The zero-order chi connectivity index (χ0) is 29.1. The predicted molar refractivity (Wildman–Crippen MR) is 150 cm³/mol. The number of rotatable bonds is 10. The minimum atomic E-state index is -1.10. The summed E-state index contributed by atoms with van der Waals surface area (Å²) in [4.78, 5) is 64.7. The molecule has 10 heteroatoms. The van der Waals surface area contributed by atoms with E-state index in [1.54, 1.807) is 0 Å². The molecule has 10 nitrogen and oxygen atoms in total. The van der Waals surface area contributed by atoms with Gasteiger partial charge in [0.1, 0.15) is 12.1 Å². The number of likely N-dealkylation sites (tertiary alicyclic amines) is 1. The highest BCUT2D eigenvalue weighted by Crippen LogP contribution is 2.31. The minimum Gasteiger partial charge on any atom is -0.363 e. The Balaban J connectivity index is 0.00000170. The van der Waals surface area contributed by atoms with Crippen molar-refractivity contribution in [1.82, 2.24) is 20.9 Å². The molecule has 0 spiro atoms. The highest BCUT2D eigenvalue weighted by atomic mass is 16.2. The Hall–Kier alpha value is -3.43. The molecule has 1 saturated heterocycles. The second kappa shape index (κ2) is 15.2. The molecular weight excluding hydrogens is 498 g/mol. The van der Waals surface area contributed by atoms with Crippen molar-refractivity contribution in [3.8, 4) is 0 Å². The molecule has 1 fully saturated rings. The Kier molecular flexibility index (Phi) is 12.4. The lowest BCUT2D eigenvalue weighted by Gasteiger charge is -2.32. The van der Waals surface area contributed by atoms with Crippen molar-refractivity contribution in [1.29, 1.82) is 0 Å². The number of benzene rings is 1. The van der Waals surface area contributed by atoms with Crippen molar-refractivity contribution in [3.05, 3.63) is 35.4 Å². The van der Waals surface area contributed by atoms with Gasteiger partial charge in [0.25, 0.3) is 5.91 Å². The fraction of sp³-hybridized carbons (Fsp3) is 0.621. The van der Waals surface area contributed by atoms with Crippen LogP contribution in [0.15, 0.2) is 24.3 Å². The van der Waals surface area contributed by atoms with Crippen molar-refractivity contribution in [3.63, 3.8) is 0 Å². The van der Waals surface area contributed by atoms with Gasteiger partial charge in [0.2, 0.25) is 17.6 Å². The number of primary amides is 1. The Labute approximate surface area is 231 Å². The van der Waals surface area contributed by atoms with Gasteiger partial charge in [-0.05, 0) is 63.0 Å². The van der Waals surface area contributed by atoms with E-state index >= 15 is 0 Å². The molecule has 1 aromatic carbocycles. The number of carbonyl (C=O) groups excluding carboxylic acids is 5. The lowest BCUT2D eigenvalue weighted by atomic mass is 9.94. The van der Waals surface area contributed by atoms with Crippen molar-refractivity contribution in [2.24, 2.45) is 11.7 Å². The van der Waals surface area contributed by atoms with E-state index in [2.05, 4.69) is 29.8 Å². The van der Waals surface area contributed by atoms with Crippen LogP contribution in [0.3, 0.4) is 0 Å². The number of carbonyl (C=O) groups is 5. The summed E-state index contributed by atoms with van der Waals surface area (Å²) in [5, 5.41) is 8.28. The van der Waals surface area contributed by atoms with Crippen LogP contribution in [0.5, 0.6) is 0 Å². The average molecular weight is 544 g/mol. The first-order chi connectivity index (χ1) is 18.5. The first kappa shape index (κ1) is 31.8. The summed E-state index contributed by atoms with van der Waals surface area (Å²) in [7, 11) is 0. The van der Waals surface area contributed by atoms with Gasteiger partial charge in [-0.15, -0.1) is 0 Å². The van der Waals surface area contributed by atoms with Crippen molar-refractivity contribution in [2.75, 3.05) is 6.54 Å². The molecule has 1 unspecified atom stereocenters. The summed E-state index contributed by atoms with van der Waals surface area (Å²) in [6.07, 6.45) is 4.42. The maximum atomic E-state index is 13.8. The second-order valence-electron chi connectivity index (χ2n) is 10.7. The molecule has 0 radical (unpaired) electrons. The Morgan fingerprint density at radius 2 is 1.56 bits per heavy atom. The number of hydrogen-bond donors (Lipinski definition) is 4. The molecule has 3 rings (SSSR count). The molecule has 3 atom stereocenters. The molecule has 2 aliphatic rings. The molecule has 1 aliphatic carbocycles. The van der Waals surface area contributed by atoms with Crippen LogP contribution >= 0.6 is 0 Å². The Bertz CT molecular complexity index is 1000. The topological polar surface area (TPSA) is 151 Å². The number of ketones is 1. The average Bonchev–Trinajstić information content (AvgIpc) is 3.53. The lowest BCUT2D eigenvalue weighted by Crippen LogP contribution is -2.59. The van der Waals surface area contributed by atoms with Crippen LogP contribution in [0.2, 0.25) is 0 Å². The van der Waals surface area contributed by atoms with Crippen molar-refractivity contribution >= 4 is 29.5 Å². The molecule has 5 N–H and O–H groups in total. The molecule has 0 bridgehead atoms. The summed E-state index contributed by atoms with van der Waals surface area (Å²) >= 11 is 0. The molecule has 1 heterocycles. The van der Waals surface area contributed by atoms with E-state index in [0.717, 1.165) is 11.1 Å². The molecule has 216 valence electrons. The zero-order valence-corrected chi connectivity index (χ0v) is 23.9. The van der Waals surface area contributed by atoms with Crippen molar-refractivity contribution in [2.45, 2.75) is 104 Å². The van der Waals surface area contributed by atoms with E-state index in [1.807, 2.05) is 45.0 Å². The third-order valence-electron chi connectivity index (χ3n) is 6.82. The van der Waals surface area contributed by atoms with Crippen LogP contribution in [-0.4, -0.2) is 65.1 Å². The summed E-state index contributed by atoms with van der Waals surface area (Å²) in [6, 6.07) is 4.80. The van der Waals surface area contributed by atoms with Gasteiger partial charge in [0, 0.05) is 12.6 Å². The van der Waals surface area contributed by atoms with E-state index in [-0.39, 0.29) is 24.3 Å². The Morgan fingerprint density at radius 1 is 0.974 bits per heavy atom. The number of nitrogens with zero attached hydrogens (tertiary/aromatic N) is 1. The molecule has 1 aliphatic heterocycles. The number of Topliss-reactive ketones (excluding diaryl/α,β-unsaturated/α-hetero) is 1. The number of amides is 5. The van der Waals surface area contributed by atoms with E-state index in [0.29, 0.717) is 38.6 Å². The maximum absolute atomic E-state index is 13.8. The van der Waals surface area contributed by atoms with E-state index < -0.39 is 41.8 Å². The summed E-state index contributed by atoms with van der Waals surface area (Å²) in [5.74, 6) is -2.92. The second-order valence-corrected chi connectivity index (χ2v) is 10.7. The minimum absolute atomic E-state index is 0.106. The summed E-state index contributed by atoms with van der Waals surface area (Å²) in [6.45, 7) is 10.1. The third kappa shape index (κ3) is 8.80. The molecule has 39 heavy (non-hydrogen) atoms. The van der Waals surface area contributed by atoms with Gasteiger partial charge in [-0.1, -0.05) is 57.9 Å². The Morgan fingerprint density at radius 3 is 2.08 bits per heavy atom. The van der Waals surface area contributed by atoms with Crippen LogP contribution in [-0.2, 0) is 32.0 Å². The first-order valence-corrected chi connectivity index (χ1v) is 14.1. The first-order valence-electron chi connectivity index (χ1n) is 14.1. The van der Waals surface area contributed by atoms with Crippen LogP contribution in [0.25, 0.3) is 0 Å². The van der Waals surface area contributed by atoms with Gasteiger partial charge in [-0.2, -0.15) is 0 Å². The largest absolute Gasteiger partial charge is 0.363 e. The van der Waals surface area contributed by atoms with Gasteiger partial charge < -0.3 is 26.6 Å². The predicted octanol–water partition coefficient (Wildman–Crippen LogP) is 2.22. The van der Waals surface area contributed by atoms with Crippen LogP contribution in [0.1, 0.15) is 77.8 Å². The number of hydrogen-bond acceptors (Lipinski definition) is 5. The monoisotopic (exact) mass is 543 g/mol. The normalized spacial score (nSPS) is 17.9. The van der Waals surface area contributed by atoms with Crippen LogP contribution in [0, 0.1) is 5.92 Å². The highest BCUT2D eigenvalue weighted by molar-refractivity contribution is 6.37. The zero-order valence-electron chi connectivity index (χ0n) is 23.9. The SMILES string of the molecule is CCC.CCCC(NC(=O)[C@@H]1CCCN1C(=O)[C@@H](NC(=O)NC(C)C)C1Cc2ccccc2C1)C(=O)C(N)=O. The number of urea groups is 1. The molecule has 1 aromatic rings. The molecule has 0 saturated carbocycles. The van der Waals surface area contributed by atoms with Gasteiger partial charge in [0.05, 0.1) is 6.04 Å². The van der Waals surface area contributed by atoms with E-state index in [4.69, 9.17) is 5.73 Å². The van der Waals surface area contributed by atoms with Gasteiger partial charge in [0.15, 0.2) is 0 Å². The molecular formula is C29H45N5O5. The highest BCUT2D eigenvalue weighted by Gasteiger charge is 2.42. The van der Waals surface area contributed by atoms with Gasteiger partial charge in [-0.25, -0.2) is 4.79 Å². The number of nitrogens with two attached hydrogens (primary N) is 1. The number of nitrogens with one attached hydrogen (secondary N) is 3. The van der Waals surface area contributed by atoms with Crippen molar-refractivity contribution < 1.29 is 24.0 Å². The van der Waals surface area contributed by atoms with E-state index in [9.17, 15) is 24.0 Å².